The fourth-order valence-corrected chi connectivity index (χ4v) is 1.41. The van der Waals surface area contributed by atoms with E-state index in [4.69, 9.17) is 0 Å². The average Bonchev–Trinajstić information content (AvgIpc) is 2.29. The monoisotopic (exact) mass is 233 g/mol. The molecule has 92 valence electrons. The highest BCUT2D eigenvalue weighted by molar-refractivity contribution is 5.91. The van der Waals surface area contributed by atoms with Crippen molar-refractivity contribution >= 4 is 17.4 Å². The van der Waals surface area contributed by atoms with Crippen molar-refractivity contribution in [1.29, 1.82) is 0 Å². The number of carbonyl (C=O) groups is 2. The lowest BCUT2D eigenvalue weighted by Crippen LogP contribution is -2.15. The maximum atomic E-state index is 11.6. The largest absolute Gasteiger partial charge is 0.326 e. The molecular weight excluding hydrogens is 214 g/mol. The van der Waals surface area contributed by atoms with Crippen molar-refractivity contribution in [3.8, 4) is 0 Å². The van der Waals surface area contributed by atoms with Gasteiger partial charge < -0.3 is 5.32 Å². The maximum Gasteiger partial charge on any atom is 0.224 e. The van der Waals surface area contributed by atoms with Gasteiger partial charge in [0.2, 0.25) is 5.91 Å². The molecule has 1 rings (SSSR count). The number of ketones is 1. The Labute approximate surface area is 102 Å². The van der Waals surface area contributed by atoms with E-state index in [1.165, 1.54) is 0 Å². The lowest BCUT2D eigenvalue weighted by atomic mass is 10.0. The summed E-state index contributed by atoms with van der Waals surface area (Å²) in [5.41, 5.74) is 1.96. The first-order valence-electron chi connectivity index (χ1n) is 5.86. The van der Waals surface area contributed by atoms with E-state index >= 15 is 0 Å². The van der Waals surface area contributed by atoms with E-state index in [1.807, 2.05) is 38.1 Å². The summed E-state index contributed by atoms with van der Waals surface area (Å²) in [6.45, 7) is 5.41. The van der Waals surface area contributed by atoms with Crippen molar-refractivity contribution in [1.82, 2.24) is 0 Å². The van der Waals surface area contributed by atoms with Gasteiger partial charge in [-0.25, -0.2) is 0 Å². The summed E-state index contributed by atoms with van der Waals surface area (Å²) in [4.78, 5) is 22.6. The minimum Gasteiger partial charge on any atom is -0.326 e. The molecule has 0 spiro atoms. The summed E-state index contributed by atoms with van der Waals surface area (Å²) in [7, 11) is 0. The molecule has 0 fully saturated rings. The lowest BCUT2D eigenvalue weighted by Gasteiger charge is -2.08. The second-order valence-corrected chi connectivity index (χ2v) is 4.46. The van der Waals surface area contributed by atoms with Gasteiger partial charge in [0.05, 0.1) is 0 Å². The third-order valence-electron chi connectivity index (χ3n) is 2.83. The Morgan fingerprint density at radius 3 is 2.35 bits per heavy atom. The summed E-state index contributed by atoms with van der Waals surface area (Å²) < 4.78 is 0. The molecule has 0 bridgehead atoms. The van der Waals surface area contributed by atoms with E-state index in [0.717, 1.165) is 11.3 Å². The minimum atomic E-state index is -0.0428. The number of amides is 1. The first-order valence-corrected chi connectivity index (χ1v) is 5.86. The Bertz CT molecular complexity index is 395. The summed E-state index contributed by atoms with van der Waals surface area (Å²) in [6.07, 6.45) is 0.988. The Kier molecular flexibility index (Phi) is 4.88. The van der Waals surface area contributed by atoms with Gasteiger partial charge in [0.15, 0.2) is 0 Å². The van der Waals surface area contributed by atoms with Gasteiger partial charge in [-0.2, -0.15) is 0 Å². The highest BCUT2D eigenvalue weighted by Crippen LogP contribution is 2.11. The van der Waals surface area contributed by atoms with Gasteiger partial charge in [-0.1, -0.05) is 24.6 Å². The first-order chi connectivity index (χ1) is 7.99. The van der Waals surface area contributed by atoms with Gasteiger partial charge in [-0.15, -0.1) is 0 Å². The third kappa shape index (κ3) is 4.81. The van der Waals surface area contributed by atoms with E-state index in [2.05, 4.69) is 5.32 Å². The number of anilines is 1. The third-order valence-corrected chi connectivity index (χ3v) is 2.83. The molecule has 0 radical (unpaired) electrons. The van der Waals surface area contributed by atoms with Crippen molar-refractivity contribution in [3.05, 3.63) is 29.8 Å². The molecule has 0 saturated heterocycles. The summed E-state index contributed by atoms with van der Waals surface area (Å²) in [5.74, 6) is 0.0499. The summed E-state index contributed by atoms with van der Waals surface area (Å²) in [6, 6.07) is 7.66. The molecule has 3 heteroatoms. The van der Waals surface area contributed by atoms with Crippen LogP contribution in [0, 0.1) is 12.8 Å². The van der Waals surface area contributed by atoms with Crippen molar-refractivity contribution in [2.45, 2.75) is 33.6 Å². The smallest absolute Gasteiger partial charge is 0.224 e. The molecule has 0 aliphatic carbocycles. The van der Waals surface area contributed by atoms with Gasteiger partial charge in [-0.05, 0) is 32.4 Å². The predicted molar refractivity (Wildman–Crippen MR) is 68.9 cm³/mol. The van der Waals surface area contributed by atoms with Crippen LogP contribution in [0.25, 0.3) is 0 Å². The minimum absolute atomic E-state index is 0.0399. The number of benzene rings is 1. The quantitative estimate of drug-likeness (QED) is 0.850. The fourth-order valence-electron chi connectivity index (χ4n) is 1.41. The molecular formula is C14H19NO2. The molecule has 1 aromatic rings. The van der Waals surface area contributed by atoms with E-state index in [9.17, 15) is 9.59 Å². The first kappa shape index (κ1) is 13.4. The normalized spacial score (nSPS) is 11.9. The van der Waals surface area contributed by atoms with Gasteiger partial charge in [0.1, 0.15) is 5.78 Å². The Hall–Kier alpha value is -1.64. The molecule has 3 nitrogen and oxygen atoms in total. The Balaban J connectivity index is 2.39. The molecule has 0 saturated carbocycles. The van der Waals surface area contributed by atoms with E-state index in [0.29, 0.717) is 12.8 Å². The van der Waals surface area contributed by atoms with Crippen LogP contribution < -0.4 is 5.32 Å². The molecule has 1 aromatic carbocycles. The van der Waals surface area contributed by atoms with Crippen molar-refractivity contribution in [2.24, 2.45) is 5.92 Å². The predicted octanol–water partition coefficient (Wildman–Crippen LogP) is 2.94. The number of aryl methyl sites for hydroxylation is 1. The zero-order chi connectivity index (χ0) is 12.8. The van der Waals surface area contributed by atoms with E-state index in [1.54, 1.807) is 6.92 Å². The van der Waals surface area contributed by atoms with Crippen LogP contribution >= 0.6 is 0 Å². The molecule has 1 unspecified atom stereocenters. The van der Waals surface area contributed by atoms with Crippen LogP contribution in [0.15, 0.2) is 24.3 Å². The van der Waals surface area contributed by atoms with Gasteiger partial charge in [0.25, 0.3) is 0 Å². The zero-order valence-electron chi connectivity index (χ0n) is 10.6. The molecule has 1 N–H and O–H groups in total. The molecule has 0 aliphatic rings. The summed E-state index contributed by atoms with van der Waals surface area (Å²) >= 11 is 0. The van der Waals surface area contributed by atoms with E-state index < -0.39 is 0 Å². The zero-order valence-corrected chi connectivity index (χ0v) is 10.6. The van der Waals surface area contributed by atoms with Crippen molar-refractivity contribution in [2.75, 3.05) is 5.32 Å². The molecule has 0 aliphatic heterocycles. The van der Waals surface area contributed by atoms with Crippen LogP contribution in [-0.4, -0.2) is 11.7 Å². The summed E-state index contributed by atoms with van der Waals surface area (Å²) in [5, 5.41) is 2.81. The number of carbonyl (C=O) groups excluding carboxylic acids is 2. The number of nitrogens with one attached hydrogen (secondary N) is 1. The second-order valence-electron chi connectivity index (χ2n) is 4.46. The maximum absolute atomic E-state index is 11.6. The van der Waals surface area contributed by atoms with Gasteiger partial charge in [-0.3, -0.25) is 9.59 Å². The molecule has 0 heterocycles. The Morgan fingerprint density at radius 1 is 1.24 bits per heavy atom. The Morgan fingerprint density at radius 2 is 1.82 bits per heavy atom. The highest BCUT2D eigenvalue weighted by atomic mass is 16.1. The number of hydrogen-bond acceptors (Lipinski definition) is 2. The molecule has 1 amide bonds. The van der Waals surface area contributed by atoms with Crippen LogP contribution in [0.2, 0.25) is 0 Å². The molecule has 1 atom stereocenters. The van der Waals surface area contributed by atoms with Crippen LogP contribution in [0.5, 0.6) is 0 Å². The second kappa shape index (κ2) is 6.18. The van der Waals surface area contributed by atoms with Crippen LogP contribution in [-0.2, 0) is 9.59 Å². The topological polar surface area (TPSA) is 46.2 Å². The SMILES string of the molecule is CC(=O)C(C)CCC(=O)Nc1ccc(C)cc1. The van der Waals surface area contributed by atoms with Crippen LogP contribution in [0.1, 0.15) is 32.3 Å². The fraction of sp³-hybridized carbons (Fsp3) is 0.429. The van der Waals surface area contributed by atoms with Gasteiger partial charge in [0, 0.05) is 18.0 Å². The van der Waals surface area contributed by atoms with E-state index in [-0.39, 0.29) is 17.6 Å². The van der Waals surface area contributed by atoms with Crippen LogP contribution in [0.4, 0.5) is 5.69 Å². The van der Waals surface area contributed by atoms with Crippen LogP contribution in [0.3, 0.4) is 0 Å². The highest BCUT2D eigenvalue weighted by Gasteiger charge is 2.10. The lowest BCUT2D eigenvalue weighted by molar-refractivity contribution is -0.121. The molecule has 0 aromatic heterocycles. The number of hydrogen-bond donors (Lipinski definition) is 1. The van der Waals surface area contributed by atoms with Crippen molar-refractivity contribution < 1.29 is 9.59 Å². The van der Waals surface area contributed by atoms with Crippen molar-refractivity contribution in [3.63, 3.8) is 0 Å². The number of rotatable bonds is 5. The average molecular weight is 233 g/mol. The standard InChI is InChI=1S/C14H19NO2/c1-10-4-7-13(8-5-10)15-14(17)9-6-11(2)12(3)16/h4-5,7-8,11H,6,9H2,1-3H3,(H,15,17). The molecule has 17 heavy (non-hydrogen) atoms. The van der Waals surface area contributed by atoms with Gasteiger partial charge >= 0.3 is 0 Å². The number of Topliss-reactive ketones (excluding diaryl/α,β-unsaturated/α-hetero) is 1.